The Balaban J connectivity index is 1.40. The number of alkyl halides is 3. The molecule has 0 unspecified atom stereocenters. The van der Waals surface area contributed by atoms with Crippen LogP contribution in [0, 0.1) is 23.7 Å². The van der Waals surface area contributed by atoms with Crippen LogP contribution in [-0.2, 0) is 40.0 Å². The van der Waals surface area contributed by atoms with Crippen molar-refractivity contribution in [1.82, 2.24) is 14.7 Å². The number of aromatic nitrogens is 2. The van der Waals surface area contributed by atoms with Crippen LogP contribution in [0.2, 0.25) is 0 Å². The van der Waals surface area contributed by atoms with E-state index in [4.69, 9.17) is 4.74 Å². The summed E-state index contributed by atoms with van der Waals surface area (Å²) in [7, 11) is 0. The average Bonchev–Trinajstić information content (AvgIpc) is 3.19. The number of ether oxygens (including phenoxy) is 1. The van der Waals surface area contributed by atoms with Gasteiger partial charge in [-0.1, -0.05) is 19.8 Å². The maximum atomic E-state index is 13.7. The summed E-state index contributed by atoms with van der Waals surface area (Å²) in [6.45, 7) is 5.37. The van der Waals surface area contributed by atoms with Gasteiger partial charge in [-0.15, -0.1) is 0 Å². The van der Waals surface area contributed by atoms with Crippen LogP contribution in [0.25, 0.3) is 0 Å². The molecule has 2 saturated carbocycles. The summed E-state index contributed by atoms with van der Waals surface area (Å²) in [6, 6.07) is 0. The Hall–Kier alpha value is -2.06. The molecule has 3 aliphatic rings. The molecule has 4 rings (SSSR count). The summed E-state index contributed by atoms with van der Waals surface area (Å²) >= 11 is 0. The van der Waals surface area contributed by atoms with Gasteiger partial charge in [-0.3, -0.25) is 14.3 Å². The summed E-state index contributed by atoms with van der Waals surface area (Å²) in [5, 5.41) is 4.04. The van der Waals surface area contributed by atoms with Crippen LogP contribution >= 0.6 is 0 Å². The van der Waals surface area contributed by atoms with Crippen LogP contribution in [0.1, 0.15) is 88.6 Å². The van der Waals surface area contributed by atoms with E-state index in [0.717, 1.165) is 51.4 Å². The first-order valence-corrected chi connectivity index (χ1v) is 13.3. The molecule has 0 atom stereocenters. The lowest BCUT2D eigenvalue weighted by Crippen LogP contribution is -2.38. The number of carbonyl (C=O) groups excluding carboxylic acids is 2. The standard InChI is InChI=1S/C26H38F3N3O3/c1-3-35-25(34)20-10-8-18(9-11-20)14-23(33)31-13-12-21-22(16-31)32(30-24(21)26(27,28)29)15-19-6-4-17(2)5-7-19/h17-20H,3-16H2,1-2H3/t17?,18-,19?,20-. The van der Waals surface area contributed by atoms with E-state index >= 15 is 0 Å². The van der Waals surface area contributed by atoms with Crippen molar-refractivity contribution in [2.24, 2.45) is 23.7 Å². The number of esters is 1. The molecule has 0 spiro atoms. The molecule has 1 aromatic heterocycles. The highest BCUT2D eigenvalue weighted by Gasteiger charge is 2.41. The third kappa shape index (κ3) is 6.20. The molecule has 2 heterocycles. The Bertz CT molecular complexity index is 898. The number of amides is 1. The normalized spacial score (nSPS) is 27.4. The van der Waals surface area contributed by atoms with E-state index in [1.165, 1.54) is 0 Å². The highest BCUT2D eigenvalue weighted by Crippen LogP contribution is 2.37. The van der Waals surface area contributed by atoms with Gasteiger partial charge in [0.1, 0.15) is 0 Å². The van der Waals surface area contributed by atoms with E-state index in [-0.39, 0.29) is 42.2 Å². The quantitative estimate of drug-likeness (QED) is 0.496. The minimum absolute atomic E-state index is 0.0111. The first-order valence-electron chi connectivity index (χ1n) is 13.3. The highest BCUT2D eigenvalue weighted by molar-refractivity contribution is 5.77. The average molecular weight is 498 g/mol. The van der Waals surface area contributed by atoms with Gasteiger partial charge in [0.05, 0.1) is 24.8 Å². The van der Waals surface area contributed by atoms with Crippen molar-refractivity contribution in [3.8, 4) is 0 Å². The number of hydrogen-bond acceptors (Lipinski definition) is 4. The second-order valence-corrected chi connectivity index (χ2v) is 10.8. The third-order valence-corrected chi connectivity index (χ3v) is 8.26. The molecule has 35 heavy (non-hydrogen) atoms. The van der Waals surface area contributed by atoms with Gasteiger partial charge >= 0.3 is 12.1 Å². The molecule has 0 saturated heterocycles. The number of fused-ring (bicyclic) bond motifs is 1. The summed E-state index contributed by atoms with van der Waals surface area (Å²) in [4.78, 5) is 26.8. The van der Waals surface area contributed by atoms with Crippen LogP contribution in [0.15, 0.2) is 0 Å². The second-order valence-electron chi connectivity index (χ2n) is 10.8. The first kappa shape index (κ1) is 26.0. The monoisotopic (exact) mass is 497 g/mol. The van der Waals surface area contributed by atoms with E-state index in [1.807, 2.05) is 0 Å². The minimum atomic E-state index is -4.49. The second kappa shape index (κ2) is 10.9. The van der Waals surface area contributed by atoms with Crippen LogP contribution in [0.5, 0.6) is 0 Å². The topological polar surface area (TPSA) is 64.4 Å². The van der Waals surface area contributed by atoms with Crippen LogP contribution in [-0.4, -0.2) is 39.7 Å². The Morgan fingerprint density at radius 1 is 1.03 bits per heavy atom. The number of rotatable bonds is 6. The van der Waals surface area contributed by atoms with Gasteiger partial charge < -0.3 is 9.64 Å². The molecule has 1 aromatic rings. The number of nitrogens with zero attached hydrogens (tertiary/aromatic N) is 3. The van der Waals surface area contributed by atoms with Crippen molar-refractivity contribution >= 4 is 11.9 Å². The molecule has 6 nitrogen and oxygen atoms in total. The largest absolute Gasteiger partial charge is 0.466 e. The molecule has 2 aliphatic carbocycles. The molecule has 196 valence electrons. The molecule has 0 aromatic carbocycles. The third-order valence-electron chi connectivity index (χ3n) is 8.26. The Kier molecular flexibility index (Phi) is 8.11. The van der Waals surface area contributed by atoms with Crippen molar-refractivity contribution in [2.45, 2.75) is 97.3 Å². The lowest BCUT2D eigenvalue weighted by molar-refractivity contribution is -0.149. The fourth-order valence-electron chi connectivity index (χ4n) is 6.07. The zero-order chi connectivity index (χ0) is 25.2. The molecular weight excluding hydrogens is 459 g/mol. The van der Waals surface area contributed by atoms with E-state index in [1.54, 1.807) is 16.5 Å². The van der Waals surface area contributed by atoms with Crippen LogP contribution in [0.4, 0.5) is 13.2 Å². The van der Waals surface area contributed by atoms with E-state index in [9.17, 15) is 22.8 Å². The van der Waals surface area contributed by atoms with E-state index in [2.05, 4.69) is 12.0 Å². The van der Waals surface area contributed by atoms with Gasteiger partial charge in [-0.05, 0) is 69.6 Å². The Morgan fingerprint density at radius 3 is 2.31 bits per heavy atom. The van der Waals surface area contributed by atoms with Crippen LogP contribution in [0.3, 0.4) is 0 Å². The lowest BCUT2D eigenvalue weighted by Gasteiger charge is -2.32. The zero-order valence-corrected chi connectivity index (χ0v) is 20.9. The van der Waals surface area contributed by atoms with Crippen LogP contribution < -0.4 is 0 Å². The number of hydrogen-bond donors (Lipinski definition) is 0. The fraction of sp³-hybridized carbons (Fsp3) is 0.808. The Labute approximate surface area is 205 Å². The van der Waals surface area contributed by atoms with Gasteiger partial charge in [-0.2, -0.15) is 18.3 Å². The molecule has 2 fully saturated rings. The minimum Gasteiger partial charge on any atom is -0.466 e. The van der Waals surface area contributed by atoms with Gasteiger partial charge in [-0.25, -0.2) is 0 Å². The summed E-state index contributed by atoms with van der Waals surface area (Å²) < 4.78 is 47.9. The lowest BCUT2D eigenvalue weighted by atomic mass is 9.80. The van der Waals surface area contributed by atoms with Gasteiger partial charge in [0, 0.05) is 25.1 Å². The summed E-state index contributed by atoms with van der Waals surface area (Å²) in [5.74, 6) is 0.956. The first-order chi connectivity index (χ1) is 16.7. The molecule has 1 aliphatic heterocycles. The van der Waals surface area contributed by atoms with E-state index < -0.39 is 11.9 Å². The molecule has 1 amide bonds. The van der Waals surface area contributed by atoms with Crippen molar-refractivity contribution in [3.05, 3.63) is 17.0 Å². The van der Waals surface area contributed by atoms with Crippen molar-refractivity contribution in [3.63, 3.8) is 0 Å². The van der Waals surface area contributed by atoms with Gasteiger partial charge in [0.25, 0.3) is 0 Å². The van der Waals surface area contributed by atoms with Crippen molar-refractivity contribution in [2.75, 3.05) is 13.2 Å². The number of halogens is 3. The molecular formula is C26H38F3N3O3. The van der Waals surface area contributed by atoms with Crippen molar-refractivity contribution < 1.29 is 27.5 Å². The molecule has 0 bridgehead atoms. The highest BCUT2D eigenvalue weighted by atomic mass is 19.4. The maximum Gasteiger partial charge on any atom is 0.435 e. The van der Waals surface area contributed by atoms with Gasteiger partial charge in [0.2, 0.25) is 5.91 Å². The summed E-state index contributed by atoms with van der Waals surface area (Å²) in [5.41, 5.74) is 0.0447. The zero-order valence-electron chi connectivity index (χ0n) is 20.9. The van der Waals surface area contributed by atoms with Crippen molar-refractivity contribution in [1.29, 1.82) is 0 Å². The van der Waals surface area contributed by atoms with E-state index in [0.29, 0.717) is 43.6 Å². The maximum absolute atomic E-state index is 13.7. The molecule has 0 radical (unpaired) electrons. The Morgan fingerprint density at radius 2 is 1.69 bits per heavy atom. The fourth-order valence-corrected chi connectivity index (χ4v) is 6.07. The predicted octanol–water partition coefficient (Wildman–Crippen LogP) is 5.37. The predicted molar refractivity (Wildman–Crippen MR) is 124 cm³/mol. The number of carbonyl (C=O) groups is 2. The SMILES string of the molecule is CCOC(=O)[C@H]1CC[C@H](CC(=O)N2CCc3c(C(F)(F)F)nn(CC4CCC(C)CC4)c3C2)CC1. The molecule has 0 N–H and O–H groups in total. The van der Waals surface area contributed by atoms with Gasteiger partial charge in [0.15, 0.2) is 5.69 Å². The molecule has 9 heteroatoms. The summed E-state index contributed by atoms with van der Waals surface area (Å²) in [6.07, 6.45) is 3.34. The smallest absolute Gasteiger partial charge is 0.435 e.